The maximum atomic E-state index is 13.4. The summed E-state index contributed by atoms with van der Waals surface area (Å²) in [6, 6.07) is 15.7. The molecule has 7 nitrogen and oxygen atoms in total. The topological polar surface area (TPSA) is 73.1 Å². The van der Waals surface area contributed by atoms with Crippen molar-refractivity contribution in [1.29, 1.82) is 0 Å². The average molecular weight is 454 g/mol. The fraction of sp³-hybridized carbons (Fsp3) is 0.259. The van der Waals surface area contributed by atoms with Crippen LogP contribution in [-0.2, 0) is 6.54 Å². The minimum Gasteiger partial charge on any atom is -0.437 e. The van der Waals surface area contributed by atoms with E-state index in [2.05, 4.69) is 15.0 Å². The fourth-order valence-electron chi connectivity index (χ4n) is 4.45. The zero-order valence-corrected chi connectivity index (χ0v) is 19.2. The highest BCUT2D eigenvalue weighted by Gasteiger charge is 2.29. The number of ether oxygens (including phenoxy) is 1. The molecule has 1 aliphatic rings. The highest BCUT2D eigenvalue weighted by molar-refractivity contribution is 5.94. The Kier molecular flexibility index (Phi) is 6.33. The second kappa shape index (κ2) is 9.87. The Hall–Kier alpha value is -4.00. The number of hydrogen-bond donors (Lipinski definition) is 0. The lowest BCUT2D eigenvalue weighted by Crippen LogP contribution is -2.39. The van der Waals surface area contributed by atoms with E-state index in [1.54, 1.807) is 24.9 Å². The third kappa shape index (κ3) is 4.98. The maximum absolute atomic E-state index is 13.4. The molecule has 7 heteroatoms. The minimum absolute atomic E-state index is 0.0437. The molecule has 0 spiro atoms. The predicted molar refractivity (Wildman–Crippen MR) is 129 cm³/mol. The van der Waals surface area contributed by atoms with Crippen molar-refractivity contribution < 1.29 is 9.53 Å². The molecule has 172 valence electrons. The van der Waals surface area contributed by atoms with E-state index in [1.165, 1.54) is 0 Å². The molecule has 1 atom stereocenters. The van der Waals surface area contributed by atoms with Gasteiger partial charge >= 0.3 is 0 Å². The number of carbonyl (C=O) groups is 1. The number of amides is 1. The Morgan fingerprint density at radius 3 is 2.82 bits per heavy atom. The van der Waals surface area contributed by atoms with E-state index in [9.17, 15) is 4.79 Å². The summed E-state index contributed by atoms with van der Waals surface area (Å²) in [7, 11) is 0. The first-order chi connectivity index (χ1) is 16.7. The number of imidazole rings is 1. The Balaban J connectivity index is 1.32. The second-order valence-electron chi connectivity index (χ2n) is 8.69. The minimum atomic E-state index is 0.0437. The van der Waals surface area contributed by atoms with Crippen LogP contribution in [-0.4, -0.2) is 43.4 Å². The van der Waals surface area contributed by atoms with E-state index in [-0.39, 0.29) is 11.8 Å². The van der Waals surface area contributed by atoms with Crippen molar-refractivity contribution in [3.63, 3.8) is 0 Å². The number of likely N-dealkylation sites (tertiary alicyclic amines) is 1. The van der Waals surface area contributed by atoms with Gasteiger partial charge in [-0.2, -0.15) is 0 Å². The molecule has 1 fully saturated rings. The summed E-state index contributed by atoms with van der Waals surface area (Å²) in [4.78, 5) is 28.5. The van der Waals surface area contributed by atoms with Gasteiger partial charge in [0.15, 0.2) is 0 Å². The number of carbonyl (C=O) groups excluding carboxylic acids is 1. The first kappa shape index (κ1) is 21.8. The molecule has 0 radical (unpaired) electrons. The van der Waals surface area contributed by atoms with Gasteiger partial charge in [-0.1, -0.05) is 24.3 Å². The Labute approximate surface area is 199 Å². The average Bonchev–Trinajstić information content (AvgIpc) is 3.37. The van der Waals surface area contributed by atoms with Gasteiger partial charge in [-0.25, -0.2) is 9.97 Å². The van der Waals surface area contributed by atoms with Crippen LogP contribution < -0.4 is 4.74 Å². The van der Waals surface area contributed by atoms with Gasteiger partial charge in [-0.3, -0.25) is 9.78 Å². The molecule has 0 bridgehead atoms. The summed E-state index contributed by atoms with van der Waals surface area (Å²) in [5.74, 6) is 1.36. The van der Waals surface area contributed by atoms with Gasteiger partial charge in [0.25, 0.3) is 5.91 Å². The molecule has 1 unspecified atom stereocenters. The SMILES string of the molecule is Cc1cccc(Oc2nccnc2C2CCCN(C(=O)c3cccc(Cn4ccnc4)c3)C2)c1. The highest BCUT2D eigenvalue weighted by atomic mass is 16.5. The van der Waals surface area contributed by atoms with Crippen molar-refractivity contribution in [3.8, 4) is 11.6 Å². The van der Waals surface area contributed by atoms with Crippen LogP contribution in [0.2, 0.25) is 0 Å². The van der Waals surface area contributed by atoms with Crippen molar-refractivity contribution in [2.24, 2.45) is 0 Å². The lowest BCUT2D eigenvalue weighted by molar-refractivity contribution is 0.0704. The molecule has 0 aliphatic carbocycles. The summed E-state index contributed by atoms with van der Waals surface area (Å²) in [6.45, 7) is 4.03. The van der Waals surface area contributed by atoms with Crippen molar-refractivity contribution >= 4 is 5.91 Å². The lowest BCUT2D eigenvalue weighted by Gasteiger charge is -2.33. The van der Waals surface area contributed by atoms with Crippen LogP contribution in [0.15, 0.2) is 79.6 Å². The van der Waals surface area contributed by atoms with Crippen LogP contribution in [0.3, 0.4) is 0 Å². The van der Waals surface area contributed by atoms with E-state index in [1.807, 2.05) is 71.1 Å². The number of hydrogen-bond acceptors (Lipinski definition) is 5. The van der Waals surface area contributed by atoms with E-state index in [4.69, 9.17) is 4.74 Å². The van der Waals surface area contributed by atoms with E-state index >= 15 is 0 Å². The summed E-state index contributed by atoms with van der Waals surface area (Å²) >= 11 is 0. The van der Waals surface area contributed by atoms with Gasteiger partial charge in [0.1, 0.15) is 11.4 Å². The van der Waals surface area contributed by atoms with Crippen LogP contribution in [0.25, 0.3) is 0 Å². The molecule has 3 heterocycles. The number of piperidine rings is 1. The zero-order chi connectivity index (χ0) is 23.3. The highest BCUT2D eigenvalue weighted by Crippen LogP contribution is 2.33. The van der Waals surface area contributed by atoms with E-state index in [0.717, 1.165) is 42.0 Å². The third-order valence-electron chi connectivity index (χ3n) is 6.09. The largest absolute Gasteiger partial charge is 0.437 e. The number of benzene rings is 2. The van der Waals surface area contributed by atoms with Gasteiger partial charge in [0, 0.05) is 55.9 Å². The molecule has 0 N–H and O–H groups in total. The first-order valence-electron chi connectivity index (χ1n) is 11.5. The van der Waals surface area contributed by atoms with Gasteiger partial charge < -0.3 is 14.2 Å². The molecule has 0 saturated carbocycles. The van der Waals surface area contributed by atoms with Crippen LogP contribution in [0.4, 0.5) is 0 Å². The van der Waals surface area contributed by atoms with Crippen molar-refractivity contribution in [1.82, 2.24) is 24.4 Å². The molecule has 2 aromatic heterocycles. The summed E-state index contributed by atoms with van der Waals surface area (Å²) in [5.41, 5.74) is 3.69. The summed E-state index contributed by atoms with van der Waals surface area (Å²) < 4.78 is 8.10. The molecule has 1 aliphatic heterocycles. The van der Waals surface area contributed by atoms with E-state index < -0.39 is 0 Å². The van der Waals surface area contributed by atoms with Gasteiger partial charge in [-0.15, -0.1) is 0 Å². The third-order valence-corrected chi connectivity index (χ3v) is 6.09. The zero-order valence-electron chi connectivity index (χ0n) is 19.2. The van der Waals surface area contributed by atoms with Gasteiger partial charge in [0.05, 0.1) is 6.33 Å². The van der Waals surface area contributed by atoms with Crippen molar-refractivity contribution in [2.45, 2.75) is 32.2 Å². The lowest BCUT2D eigenvalue weighted by atomic mass is 9.94. The monoisotopic (exact) mass is 453 g/mol. The number of rotatable bonds is 6. The van der Waals surface area contributed by atoms with Crippen molar-refractivity contribution in [2.75, 3.05) is 13.1 Å². The smallest absolute Gasteiger partial charge is 0.253 e. The molecule has 2 aromatic carbocycles. The number of aryl methyl sites for hydroxylation is 1. The number of aromatic nitrogens is 4. The van der Waals surface area contributed by atoms with Crippen LogP contribution >= 0.6 is 0 Å². The summed E-state index contributed by atoms with van der Waals surface area (Å²) in [5, 5.41) is 0. The fourth-order valence-corrected chi connectivity index (χ4v) is 4.45. The Morgan fingerprint density at radius 2 is 1.97 bits per heavy atom. The van der Waals surface area contributed by atoms with Gasteiger partial charge in [0.2, 0.25) is 5.88 Å². The molecule has 1 saturated heterocycles. The molecular weight excluding hydrogens is 426 g/mol. The van der Waals surface area contributed by atoms with Crippen LogP contribution in [0.1, 0.15) is 45.9 Å². The Bertz CT molecular complexity index is 1270. The molecule has 4 aromatic rings. The predicted octanol–water partition coefficient (Wildman–Crippen LogP) is 4.84. The molecule has 34 heavy (non-hydrogen) atoms. The molecule has 5 rings (SSSR count). The summed E-state index contributed by atoms with van der Waals surface area (Å²) in [6.07, 6.45) is 10.6. The number of nitrogens with zero attached hydrogens (tertiary/aromatic N) is 5. The van der Waals surface area contributed by atoms with Crippen LogP contribution in [0, 0.1) is 6.92 Å². The van der Waals surface area contributed by atoms with Crippen molar-refractivity contribution in [3.05, 3.63) is 102 Å². The second-order valence-corrected chi connectivity index (χ2v) is 8.69. The maximum Gasteiger partial charge on any atom is 0.253 e. The quantitative estimate of drug-likeness (QED) is 0.418. The first-order valence-corrected chi connectivity index (χ1v) is 11.5. The standard InChI is InChI=1S/C27H27N5O2/c1-20-5-2-9-24(15-20)34-26-25(29-10-11-30-26)23-8-4-13-32(18-23)27(33)22-7-3-6-21(16-22)17-31-14-12-28-19-31/h2-3,5-7,9-12,14-16,19,23H,4,8,13,17-18H2,1H3. The van der Waals surface area contributed by atoms with Gasteiger partial charge in [-0.05, 0) is 55.2 Å². The molecular formula is C27H27N5O2. The van der Waals surface area contributed by atoms with Crippen LogP contribution in [0.5, 0.6) is 11.6 Å². The Morgan fingerprint density at radius 1 is 1.09 bits per heavy atom. The molecule has 1 amide bonds. The normalized spacial score (nSPS) is 15.8. The van der Waals surface area contributed by atoms with E-state index in [0.29, 0.717) is 24.5 Å².